The number of hydrazine groups is 2. The highest BCUT2D eigenvalue weighted by atomic mass is 15.9. The first-order valence-electron chi connectivity index (χ1n) is 3.28. The molecule has 11 heavy (non-hydrogen) atoms. The lowest BCUT2D eigenvalue weighted by molar-refractivity contribution is -0.0440. The summed E-state index contributed by atoms with van der Waals surface area (Å²) < 4.78 is 0. The van der Waals surface area contributed by atoms with E-state index >= 15 is 0 Å². The Morgan fingerprint density at radius 3 is 2.45 bits per heavy atom. The van der Waals surface area contributed by atoms with Gasteiger partial charge in [-0.25, -0.2) is 5.01 Å². The third-order valence-corrected chi connectivity index (χ3v) is 1.58. The lowest BCUT2D eigenvalue weighted by atomic mass is 10.7. The van der Waals surface area contributed by atoms with Crippen molar-refractivity contribution in [2.75, 3.05) is 14.1 Å². The molecule has 0 fully saturated rings. The minimum Gasteiger partial charge on any atom is -0.403 e. The smallest absolute Gasteiger partial charge is 0.137 e. The molecular formula is C6H13N5. The van der Waals surface area contributed by atoms with Crippen molar-refractivity contribution in [2.45, 2.75) is 0 Å². The van der Waals surface area contributed by atoms with Gasteiger partial charge in [0.15, 0.2) is 0 Å². The van der Waals surface area contributed by atoms with Crippen LogP contribution in [0.25, 0.3) is 0 Å². The normalized spacial score (nSPS) is 20.0. The van der Waals surface area contributed by atoms with E-state index in [0.29, 0.717) is 5.82 Å². The molecule has 0 saturated carbocycles. The molecule has 1 aliphatic heterocycles. The van der Waals surface area contributed by atoms with Gasteiger partial charge in [-0.3, -0.25) is 5.01 Å². The van der Waals surface area contributed by atoms with Crippen molar-refractivity contribution in [3.8, 4) is 0 Å². The first kappa shape index (κ1) is 7.74. The van der Waals surface area contributed by atoms with E-state index in [0.717, 1.165) is 0 Å². The van der Waals surface area contributed by atoms with Crippen molar-refractivity contribution >= 4 is 0 Å². The van der Waals surface area contributed by atoms with Crippen LogP contribution in [0.15, 0.2) is 24.4 Å². The summed E-state index contributed by atoms with van der Waals surface area (Å²) in [5, 5.41) is 5.42. The fourth-order valence-electron chi connectivity index (χ4n) is 0.917. The van der Waals surface area contributed by atoms with Crippen LogP contribution in [0.2, 0.25) is 0 Å². The van der Waals surface area contributed by atoms with Crippen molar-refractivity contribution in [3.05, 3.63) is 24.4 Å². The first-order valence-corrected chi connectivity index (χ1v) is 3.28. The summed E-state index contributed by atoms with van der Waals surface area (Å²) in [6.45, 7) is 0. The Labute approximate surface area is 66.1 Å². The molecule has 4 N–H and O–H groups in total. The Hall–Kier alpha value is -1.36. The Kier molecular flexibility index (Phi) is 1.91. The zero-order valence-electron chi connectivity index (χ0n) is 6.73. The van der Waals surface area contributed by atoms with Gasteiger partial charge in [-0.1, -0.05) is 0 Å². The van der Waals surface area contributed by atoms with Gasteiger partial charge in [0.05, 0.1) is 6.20 Å². The molecule has 1 rings (SSSR count). The highest BCUT2D eigenvalue weighted by Gasteiger charge is 2.19. The molecule has 0 bridgehead atoms. The topological polar surface area (TPSA) is 61.8 Å². The van der Waals surface area contributed by atoms with E-state index in [1.807, 2.05) is 24.2 Å². The lowest BCUT2D eigenvalue weighted by Gasteiger charge is -2.27. The molecule has 1 aliphatic rings. The van der Waals surface area contributed by atoms with Crippen LogP contribution in [-0.4, -0.2) is 29.2 Å². The first-order chi connectivity index (χ1) is 5.16. The van der Waals surface area contributed by atoms with Gasteiger partial charge in [0.1, 0.15) is 5.82 Å². The van der Waals surface area contributed by atoms with Gasteiger partial charge < -0.3 is 11.5 Å². The van der Waals surface area contributed by atoms with E-state index in [9.17, 15) is 0 Å². The maximum atomic E-state index is 5.64. The van der Waals surface area contributed by atoms with Gasteiger partial charge in [-0.05, 0) is 0 Å². The number of hydrogen-bond acceptors (Lipinski definition) is 5. The number of hydrogen-bond donors (Lipinski definition) is 2. The maximum absolute atomic E-state index is 5.64. The second-order valence-corrected chi connectivity index (χ2v) is 2.30. The molecule has 0 atom stereocenters. The monoisotopic (exact) mass is 155 g/mol. The van der Waals surface area contributed by atoms with Crippen LogP contribution in [0.3, 0.4) is 0 Å². The van der Waals surface area contributed by atoms with E-state index in [4.69, 9.17) is 11.5 Å². The van der Waals surface area contributed by atoms with E-state index in [1.54, 1.807) is 17.4 Å². The van der Waals surface area contributed by atoms with Gasteiger partial charge in [-0.2, -0.15) is 0 Å². The number of nitrogens with zero attached hydrogens (tertiary/aromatic N) is 3. The van der Waals surface area contributed by atoms with E-state index in [-0.39, 0.29) is 0 Å². The van der Waals surface area contributed by atoms with Crippen LogP contribution < -0.4 is 11.5 Å². The summed E-state index contributed by atoms with van der Waals surface area (Å²) in [7, 11) is 3.79. The van der Waals surface area contributed by atoms with Crippen LogP contribution in [-0.2, 0) is 0 Å². The molecule has 0 amide bonds. The maximum Gasteiger partial charge on any atom is 0.137 e. The molecular weight excluding hydrogens is 142 g/mol. The summed E-state index contributed by atoms with van der Waals surface area (Å²) >= 11 is 0. The molecule has 5 nitrogen and oxygen atoms in total. The van der Waals surface area contributed by atoms with Crippen LogP contribution in [0.4, 0.5) is 0 Å². The van der Waals surface area contributed by atoms with Gasteiger partial charge in [0.2, 0.25) is 0 Å². The molecule has 0 saturated heterocycles. The Bertz CT molecular complexity index is 197. The second kappa shape index (κ2) is 2.71. The minimum atomic E-state index is 0.650. The van der Waals surface area contributed by atoms with Crippen LogP contribution in [0.1, 0.15) is 0 Å². The molecule has 1 heterocycles. The van der Waals surface area contributed by atoms with Crippen LogP contribution in [0, 0.1) is 0 Å². The molecule has 0 aromatic rings. The second-order valence-electron chi connectivity index (χ2n) is 2.30. The average molecular weight is 155 g/mol. The molecule has 0 aromatic carbocycles. The molecule has 0 spiro atoms. The van der Waals surface area contributed by atoms with Gasteiger partial charge in [-0.15, -0.1) is 5.12 Å². The largest absolute Gasteiger partial charge is 0.403 e. The third kappa shape index (κ3) is 1.22. The summed E-state index contributed by atoms with van der Waals surface area (Å²) in [5.74, 6) is 0.650. The molecule has 5 heteroatoms. The van der Waals surface area contributed by atoms with Crippen molar-refractivity contribution in [1.82, 2.24) is 15.1 Å². The van der Waals surface area contributed by atoms with Gasteiger partial charge >= 0.3 is 0 Å². The SMILES string of the molecule is CN1C=C(N)N(/C=C\N)N1C. The molecule has 0 aromatic heterocycles. The van der Waals surface area contributed by atoms with E-state index in [2.05, 4.69) is 0 Å². The lowest BCUT2D eigenvalue weighted by Crippen LogP contribution is -2.38. The quantitative estimate of drug-likeness (QED) is 0.518. The predicted molar refractivity (Wildman–Crippen MR) is 43.0 cm³/mol. The molecule has 0 radical (unpaired) electrons. The van der Waals surface area contributed by atoms with E-state index < -0.39 is 0 Å². The van der Waals surface area contributed by atoms with Crippen molar-refractivity contribution in [1.29, 1.82) is 0 Å². The minimum absolute atomic E-state index is 0.650. The third-order valence-electron chi connectivity index (χ3n) is 1.58. The van der Waals surface area contributed by atoms with Crippen molar-refractivity contribution in [2.24, 2.45) is 11.5 Å². The average Bonchev–Trinajstić information content (AvgIpc) is 2.17. The Morgan fingerprint density at radius 1 is 1.45 bits per heavy atom. The Morgan fingerprint density at radius 2 is 2.09 bits per heavy atom. The summed E-state index contributed by atoms with van der Waals surface area (Å²) in [5.41, 5.74) is 10.9. The van der Waals surface area contributed by atoms with Crippen LogP contribution in [0.5, 0.6) is 0 Å². The molecule has 0 aliphatic carbocycles. The fourth-order valence-corrected chi connectivity index (χ4v) is 0.917. The highest BCUT2D eigenvalue weighted by molar-refractivity contribution is 5.02. The fraction of sp³-hybridized carbons (Fsp3) is 0.333. The predicted octanol–water partition coefficient (Wildman–Crippen LogP) is -0.817. The standard InChI is InChI=1S/C6H13N5/c1-9-5-6(8)11(4-3-7)10(9)2/h3-5H,7-8H2,1-2H3/b4-3-. The summed E-state index contributed by atoms with van der Waals surface area (Å²) in [6, 6.07) is 0. The Balaban J connectivity index is 2.74. The highest BCUT2D eigenvalue weighted by Crippen LogP contribution is 2.13. The van der Waals surface area contributed by atoms with Crippen molar-refractivity contribution in [3.63, 3.8) is 0 Å². The van der Waals surface area contributed by atoms with Crippen LogP contribution >= 0.6 is 0 Å². The summed E-state index contributed by atoms with van der Waals surface area (Å²) in [4.78, 5) is 0. The van der Waals surface area contributed by atoms with Gasteiger partial charge in [0.25, 0.3) is 0 Å². The van der Waals surface area contributed by atoms with Gasteiger partial charge in [0, 0.05) is 26.5 Å². The zero-order valence-corrected chi connectivity index (χ0v) is 6.73. The zero-order chi connectivity index (χ0) is 8.43. The number of nitrogens with two attached hydrogens (primary N) is 2. The number of rotatable bonds is 1. The molecule has 0 unspecified atom stereocenters. The van der Waals surface area contributed by atoms with E-state index in [1.165, 1.54) is 6.20 Å². The molecule has 62 valence electrons. The van der Waals surface area contributed by atoms with Crippen molar-refractivity contribution < 1.29 is 0 Å². The summed E-state index contributed by atoms with van der Waals surface area (Å²) in [6.07, 6.45) is 4.94.